The van der Waals surface area contributed by atoms with Crippen LogP contribution in [0.15, 0.2) is 17.2 Å². The van der Waals surface area contributed by atoms with E-state index in [1.807, 2.05) is 0 Å². The monoisotopic (exact) mass is 240 g/mol. The van der Waals surface area contributed by atoms with Crippen LogP contribution in [-0.4, -0.2) is 18.1 Å². The number of hydrogen-bond donors (Lipinski definition) is 0. The van der Waals surface area contributed by atoms with Crippen molar-refractivity contribution in [1.82, 2.24) is 0 Å². The lowest BCUT2D eigenvalue weighted by molar-refractivity contribution is -0.385. The highest BCUT2D eigenvalue weighted by Gasteiger charge is 2.15. The van der Waals surface area contributed by atoms with Crippen LogP contribution in [0.3, 0.4) is 0 Å². The number of nitro benzene ring substituents is 1. The first-order valence-corrected chi connectivity index (χ1v) is 4.64. The van der Waals surface area contributed by atoms with E-state index in [4.69, 9.17) is 10.3 Å². The highest BCUT2D eigenvalue weighted by atomic mass is 19.1. The molecule has 0 saturated heterocycles. The summed E-state index contributed by atoms with van der Waals surface area (Å²) in [6.07, 6.45) is 0. The molecule has 0 unspecified atom stereocenters. The number of ether oxygens (including phenoxy) is 1. The Balaban J connectivity index is 2.84. The summed E-state index contributed by atoms with van der Waals surface area (Å²) in [7, 11) is 0. The van der Waals surface area contributed by atoms with E-state index in [9.17, 15) is 14.5 Å². The second kappa shape index (κ2) is 5.66. The predicted octanol–water partition coefficient (Wildman–Crippen LogP) is 2.73. The van der Waals surface area contributed by atoms with E-state index in [2.05, 4.69) is 10.0 Å². The van der Waals surface area contributed by atoms with E-state index >= 15 is 0 Å². The number of halogens is 1. The van der Waals surface area contributed by atoms with Gasteiger partial charge in [0.25, 0.3) is 5.69 Å². The highest BCUT2D eigenvalue weighted by molar-refractivity contribution is 5.45. The number of benzene rings is 1. The lowest BCUT2D eigenvalue weighted by Gasteiger charge is -2.06. The Morgan fingerprint density at radius 3 is 2.94 bits per heavy atom. The molecular formula is C9H9FN4O3. The molecule has 90 valence electrons. The van der Waals surface area contributed by atoms with Gasteiger partial charge in [0.15, 0.2) is 11.6 Å². The van der Waals surface area contributed by atoms with Gasteiger partial charge in [0, 0.05) is 10.5 Å². The first kappa shape index (κ1) is 12.7. The molecule has 1 aromatic rings. The molecule has 0 fully saturated rings. The van der Waals surface area contributed by atoms with Crippen LogP contribution in [0.25, 0.3) is 10.4 Å². The van der Waals surface area contributed by atoms with Crippen molar-refractivity contribution in [1.29, 1.82) is 0 Å². The van der Waals surface area contributed by atoms with Gasteiger partial charge in [-0.1, -0.05) is 5.11 Å². The standard InChI is InChI=1S/C9H9FN4O3/c1-6-4-9(17-3-2-12-13-11)7(10)5-8(6)14(15)16/h4-5H,2-3H2,1H3. The number of nitrogens with zero attached hydrogens (tertiary/aromatic N) is 4. The molecule has 0 atom stereocenters. The van der Waals surface area contributed by atoms with E-state index in [0.717, 1.165) is 6.07 Å². The molecular weight excluding hydrogens is 231 g/mol. The summed E-state index contributed by atoms with van der Waals surface area (Å²) in [4.78, 5) is 12.4. The van der Waals surface area contributed by atoms with Crippen molar-refractivity contribution >= 4 is 5.69 Å². The third-order valence-electron chi connectivity index (χ3n) is 1.96. The number of nitro groups is 1. The summed E-state index contributed by atoms with van der Waals surface area (Å²) < 4.78 is 18.4. The SMILES string of the molecule is Cc1cc(OCCN=[N+]=[N-])c(F)cc1[N+](=O)[O-]. The minimum Gasteiger partial charge on any atom is -0.490 e. The van der Waals surface area contributed by atoms with Gasteiger partial charge in [-0.3, -0.25) is 10.1 Å². The van der Waals surface area contributed by atoms with Gasteiger partial charge in [0.1, 0.15) is 0 Å². The van der Waals surface area contributed by atoms with E-state index < -0.39 is 10.7 Å². The molecule has 8 heteroatoms. The van der Waals surface area contributed by atoms with Gasteiger partial charge < -0.3 is 4.74 Å². The van der Waals surface area contributed by atoms with Gasteiger partial charge in [-0.2, -0.15) is 0 Å². The molecule has 0 saturated carbocycles. The molecule has 0 aliphatic heterocycles. The van der Waals surface area contributed by atoms with E-state index in [0.29, 0.717) is 5.56 Å². The van der Waals surface area contributed by atoms with Gasteiger partial charge >= 0.3 is 0 Å². The second-order valence-electron chi connectivity index (χ2n) is 3.13. The Bertz CT molecular complexity index is 485. The Morgan fingerprint density at radius 2 is 2.35 bits per heavy atom. The molecule has 0 N–H and O–H groups in total. The fraction of sp³-hybridized carbons (Fsp3) is 0.333. The normalized spacial score (nSPS) is 9.53. The van der Waals surface area contributed by atoms with Crippen LogP contribution in [0, 0.1) is 22.9 Å². The molecule has 0 spiro atoms. The van der Waals surface area contributed by atoms with Crippen LogP contribution >= 0.6 is 0 Å². The largest absolute Gasteiger partial charge is 0.490 e. The fourth-order valence-corrected chi connectivity index (χ4v) is 1.19. The summed E-state index contributed by atoms with van der Waals surface area (Å²) >= 11 is 0. The van der Waals surface area contributed by atoms with Crippen LogP contribution in [0.5, 0.6) is 5.75 Å². The molecule has 17 heavy (non-hydrogen) atoms. The molecule has 0 aromatic heterocycles. The Labute approximate surface area is 95.6 Å². The molecule has 0 aliphatic carbocycles. The topological polar surface area (TPSA) is 101 Å². The van der Waals surface area contributed by atoms with Crippen molar-refractivity contribution in [3.8, 4) is 5.75 Å². The third-order valence-corrected chi connectivity index (χ3v) is 1.96. The highest BCUT2D eigenvalue weighted by Crippen LogP contribution is 2.26. The van der Waals surface area contributed by atoms with Gasteiger partial charge in [-0.25, -0.2) is 4.39 Å². The molecule has 0 radical (unpaired) electrons. The van der Waals surface area contributed by atoms with Gasteiger partial charge in [-0.15, -0.1) is 0 Å². The van der Waals surface area contributed by atoms with E-state index in [-0.39, 0.29) is 24.6 Å². The molecule has 0 heterocycles. The number of aryl methyl sites for hydroxylation is 1. The first-order chi connectivity index (χ1) is 8.06. The van der Waals surface area contributed by atoms with Gasteiger partial charge in [0.2, 0.25) is 0 Å². The average molecular weight is 240 g/mol. The van der Waals surface area contributed by atoms with Crippen molar-refractivity contribution in [2.75, 3.05) is 13.2 Å². The number of hydrogen-bond acceptors (Lipinski definition) is 4. The average Bonchev–Trinajstić information content (AvgIpc) is 2.28. The van der Waals surface area contributed by atoms with Crippen LogP contribution in [0.2, 0.25) is 0 Å². The van der Waals surface area contributed by atoms with Gasteiger partial charge in [-0.05, 0) is 18.5 Å². The molecule has 1 rings (SSSR count). The zero-order chi connectivity index (χ0) is 12.8. The predicted molar refractivity (Wildman–Crippen MR) is 57.3 cm³/mol. The third kappa shape index (κ3) is 3.32. The van der Waals surface area contributed by atoms with Crippen LogP contribution in [0.1, 0.15) is 5.56 Å². The maximum absolute atomic E-state index is 13.4. The summed E-state index contributed by atoms with van der Waals surface area (Å²) in [6.45, 7) is 1.56. The lowest BCUT2D eigenvalue weighted by Crippen LogP contribution is -2.03. The Morgan fingerprint density at radius 1 is 1.65 bits per heavy atom. The zero-order valence-corrected chi connectivity index (χ0v) is 8.96. The minimum absolute atomic E-state index is 0.0121. The maximum Gasteiger partial charge on any atom is 0.275 e. The van der Waals surface area contributed by atoms with E-state index in [1.165, 1.54) is 13.0 Å². The zero-order valence-electron chi connectivity index (χ0n) is 8.96. The van der Waals surface area contributed by atoms with Crippen molar-refractivity contribution in [3.05, 3.63) is 44.1 Å². The summed E-state index contributed by atoms with van der Waals surface area (Å²) in [5.41, 5.74) is 8.01. The molecule has 7 nitrogen and oxygen atoms in total. The summed E-state index contributed by atoms with van der Waals surface area (Å²) in [5.74, 6) is -0.913. The van der Waals surface area contributed by atoms with Crippen LogP contribution in [-0.2, 0) is 0 Å². The molecule has 0 amide bonds. The second-order valence-corrected chi connectivity index (χ2v) is 3.13. The quantitative estimate of drug-likeness (QED) is 0.197. The Hall–Kier alpha value is -2.34. The lowest BCUT2D eigenvalue weighted by atomic mass is 10.2. The first-order valence-electron chi connectivity index (χ1n) is 4.64. The van der Waals surface area contributed by atoms with Crippen molar-refractivity contribution in [2.45, 2.75) is 6.92 Å². The van der Waals surface area contributed by atoms with Crippen molar-refractivity contribution in [3.63, 3.8) is 0 Å². The smallest absolute Gasteiger partial charge is 0.275 e. The van der Waals surface area contributed by atoms with E-state index in [1.54, 1.807) is 0 Å². The summed E-state index contributed by atoms with van der Waals surface area (Å²) in [6, 6.07) is 2.04. The minimum atomic E-state index is -0.816. The van der Waals surface area contributed by atoms with Crippen molar-refractivity contribution < 1.29 is 14.1 Å². The fourth-order valence-electron chi connectivity index (χ4n) is 1.19. The number of azide groups is 1. The van der Waals surface area contributed by atoms with Crippen LogP contribution < -0.4 is 4.74 Å². The molecule has 0 bridgehead atoms. The van der Waals surface area contributed by atoms with Gasteiger partial charge in [0.05, 0.1) is 24.1 Å². The van der Waals surface area contributed by atoms with Crippen molar-refractivity contribution in [2.24, 2.45) is 5.11 Å². The Kier molecular flexibility index (Phi) is 4.24. The number of rotatable bonds is 5. The van der Waals surface area contributed by atoms with Crippen LogP contribution in [0.4, 0.5) is 10.1 Å². The molecule has 0 aliphatic rings. The molecule has 1 aromatic carbocycles. The summed E-state index contributed by atoms with van der Waals surface area (Å²) in [5, 5.41) is 13.7. The maximum atomic E-state index is 13.4.